The molecule has 0 radical (unpaired) electrons. The summed E-state index contributed by atoms with van der Waals surface area (Å²) < 4.78 is 11.5. The Morgan fingerprint density at radius 1 is 1.27 bits per heavy atom. The van der Waals surface area contributed by atoms with Crippen LogP contribution in [0.5, 0.6) is 5.75 Å². The van der Waals surface area contributed by atoms with Gasteiger partial charge in [-0.25, -0.2) is 0 Å². The lowest BCUT2D eigenvalue weighted by Crippen LogP contribution is -2.19. The van der Waals surface area contributed by atoms with Crippen molar-refractivity contribution in [2.75, 3.05) is 13.2 Å². The maximum atomic E-state index is 6.14. The summed E-state index contributed by atoms with van der Waals surface area (Å²) >= 11 is 1.81. The molecule has 1 aliphatic rings. The lowest BCUT2D eigenvalue weighted by molar-refractivity contribution is 0.140. The van der Waals surface area contributed by atoms with Gasteiger partial charge in [0, 0.05) is 30.0 Å². The summed E-state index contributed by atoms with van der Waals surface area (Å²) in [5, 5.41) is 5.67. The molecule has 0 bridgehead atoms. The molecule has 3 rings (SSSR count). The standard InChI is InChI=1S/C18H23NO2S/c1-13-3-4-15(10-19-11-18-14(2)6-8-22-18)17(9-13)21-16-5-7-20-12-16/h3-4,6,8-9,16,19H,5,7,10-12H2,1-2H3/t16-/m0/s1. The van der Waals surface area contributed by atoms with Crippen molar-refractivity contribution in [2.24, 2.45) is 0 Å². The smallest absolute Gasteiger partial charge is 0.124 e. The highest BCUT2D eigenvalue weighted by Crippen LogP contribution is 2.24. The molecule has 1 fully saturated rings. The van der Waals surface area contributed by atoms with E-state index in [1.165, 1.54) is 21.6 Å². The normalized spacial score (nSPS) is 17.8. The Labute approximate surface area is 136 Å². The van der Waals surface area contributed by atoms with Crippen molar-refractivity contribution in [2.45, 2.75) is 39.5 Å². The van der Waals surface area contributed by atoms with Gasteiger partial charge in [0.15, 0.2) is 0 Å². The fourth-order valence-electron chi connectivity index (χ4n) is 2.60. The minimum Gasteiger partial charge on any atom is -0.488 e. The summed E-state index contributed by atoms with van der Waals surface area (Å²) in [6.45, 7) is 7.50. The fourth-order valence-corrected chi connectivity index (χ4v) is 3.47. The summed E-state index contributed by atoms with van der Waals surface area (Å²) in [5.74, 6) is 0.992. The SMILES string of the molecule is Cc1ccc(CNCc2sccc2C)c(O[C@H]2CCOC2)c1. The highest BCUT2D eigenvalue weighted by Gasteiger charge is 2.18. The van der Waals surface area contributed by atoms with Crippen molar-refractivity contribution >= 4 is 11.3 Å². The van der Waals surface area contributed by atoms with Gasteiger partial charge in [-0.1, -0.05) is 12.1 Å². The third-order valence-electron chi connectivity index (χ3n) is 3.97. The van der Waals surface area contributed by atoms with E-state index in [9.17, 15) is 0 Å². The number of rotatable bonds is 6. The molecule has 1 atom stereocenters. The van der Waals surface area contributed by atoms with Crippen LogP contribution in [0.2, 0.25) is 0 Å². The number of hydrogen-bond donors (Lipinski definition) is 1. The maximum absolute atomic E-state index is 6.14. The Morgan fingerprint density at radius 3 is 2.91 bits per heavy atom. The number of nitrogens with one attached hydrogen (secondary N) is 1. The van der Waals surface area contributed by atoms with E-state index >= 15 is 0 Å². The summed E-state index contributed by atoms with van der Waals surface area (Å²) in [4.78, 5) is 1.40. The first-order chi connectivity index (χ1) is 10.7. The van der Waals surface area contributed by atoms with E-state index in [-0.39, 0.29) is 6.10 Å². The molecule has 0 spiro atoms. The van der Waals surface area contributed by atoms with Gasteiger partial charge < -0.3 is 14.8 Å². The Bertz CT molecular complexity index is 617. The third-order valence-corrected chi connectivity index (χ3v) is 5.00. The summed E-state index contributed by atoms with van der Waals surface area (Å²) in [7, 11) is 0. The Kier molecular flexibility index (Phi) is 5.13. The van der Waals surface area contributed by atoms with E-state index in [1.54, 1.807) is 0 Å². The maximum Gasteiger partial charge on any atom is 0.124 e. The van der Waals surface area contributed by atoms with Gasteiger partial charge in [0.1, 0.15) is 11.9 Å². The molecule has 118 valence electrons. The van der Waals surface area contributed by atoms with Crippen LogP contribution in [0.15, 0.2) is 29.6 Å². The molecule has 1 aromatic heterocycles. The first-order valence-corrected chi connectivity index (χ1v) is 8.68. The summed E-state index contributed by atoms with van der Waals surface area (Å²) in [6, 6.07) is 8.61. The van der Waals surface area contributed by atoms with Crippen molar-refractivity contribution in [3.63, 3.8) is 0 Å². The lowest BCUT2D eigenvalue weighted by atomic mass is 10.1. The minimum atomic E-state index is 0.195. The van der Waals surface area contributed by atoms with E-state index < -0.39 is 0 Å². The molecule has 0 amide bonds. The summed E-state index contributed by atoms with van der Waals surface area (Å²) in [6.07, 6.45) is 1.18. The molecule has 1 aliphatic heterocycles. The number of hydrogen-bond acceptors (Lipinski definition) is 4. The van der Waals surface area contributed by atoms with Gasteiger partial charge in [-0.05, 0) is 42.5 Å². The van der Waals surface area contributed by atoms with Gasteiger partial charge in [-0.15, -0.1) is 11.3 Å². The van der Waals surface area contributed by atoms with Crippen LogP contribution in [-0.4, -0.2) is 19.3 Å². The van der Waals surface area contributed by atoms with Gasteiger partial charge in [-0.3, -0.25) is 0 Å². The van der Waals surface area contributed by atoms with E-state index in [1.807, 2.05) is 11.3 Å². The van der Waals surface area contributed by atoms with Crippen LogP contribution >= 0.6 is 11.3 Å². The van der Waals surface area contributed by atoms with Crippen molar-refractivity contribution < 1.29 is 9.47 Å². The molecular weight excluding hydrogens is 294 g/mol. The van der Waals surface area contributed by atoms with E-state index in [0.717, 1.165) is 31.9 Å². The minimum absolute atomic E-state index is 0.195. The first-order valence-electron chi connectivity index (χ1n) is 7.80. The Morgan fingerprint density at radius 2 is 2.18 bits per heavy atom. The van der Waals surface area contributed by atoms with Crippen LogP contribution in [0.1, 0.15) is 28.0 Å². The zero-order valence-corrected chi connectivity index (χ0v) is 14.0. The molecule has 0 aliphatic carbocycles. The van der Waals surface area contributed by atoms with Crippen LogP contribution in [0.3, 0.4) is 0 Å². The van der Waals surface area contributed by atoms with Crippen LogP contribution in [0.25, 0.3) is 0 Å². The second-order valence-electron chi connectivity index (χ2n) is 5.84. The van der Waals surface area contributed by atoms with Gasteiger partial charge in [-0.2, -0.15) is 0 Å². The molecule has 0 saturated carbocycles. The molecule has 1 saturated heterocycles. The molecule has 2 heterocycles. The number of benzene rings is 1. The molecule has 22 heavy (non-hydrogen) atoms. The average molecular weight is 317 g/mol. The van der Waals surface area contributed by atoms with Gasteiger partial charge >= 0.3 is 0 Å². The number of ether oxygens (including phenoxy) is 2. The van der Waals surface area contributed by atoms with E-state index in [0.29, 0.717) is 6.61 Å². The monoisotopic (exact) mass is 317 g/mol. The predicted molar refractivity (Wildman–Crippen MR) is 90.6 cm³/mol. The van der Waals surface area contributed by atoms with E-state index in [4.69, 9.17) is 9.47 Å². The quantitative estimate of drug-likeness (QED) is 0.878. The molecule has 0 unspecified atom stereocenters. The molecular formula is C18H23NO2S. The molecule has 2 aromatic rings. The third kappa shape index (κ3) is 3.88. The number of thiophene rings is 1. The lowest BCUT2D eigenvalue weighted by Gasteiger charge is -2.17. The highest BCUT2D eigenvalue weighted by atomic mass is 32.1. The first kappa shape index (κ1) is 15.5. The number of aryl methyl sites for hydroxylation is 2. The Hall–Kier alpha value is -1.36. The van der Waals surface area contributed by atoms with Crippen LogP contribution in [-0.2, 0) is 17.8 Å². The van der Waals surface area contributed by atoms with Crippen LogP contribution < -0.4 is 10.1 Å². The average Bonchev–Trinajstić information content (AvgIpc) is 3.14. The fraction of sp³-hybridized carbons (Fsp3) is 0.444. The van der Waals surface area contributed by atoms with Crippen molar-refractivity contribution in [3.05, 3.63) is 51.2 Å². The predicted octanol–water partition coefficient (Wildman–Crippen LogP) is 3.82. The van der Waals surface area contributed by atoms with Gasteiger partial charge in [0.2, 0.25) is 0 Å². The zero-order valence-electron chi connectivity index (χ0n) is 13.2. The van der Waals surface area contributed by atoms with E-state index in [2.05, 4.69) is 48.8 Å². The highest BCUT2D eigenvalue weighted by molar-refractivity contribution is 7.10. The van der Waals surface area contributed by atoms with Crippen molar-refractivity contribution in [1.29, 1.82) is 0 Å². The molecule has 1 aromatic carbocycles. The second kappa shape index (κ2) is 7.27. The molecule has 1 N–H and O–H groups in total. The second-order valence-corrected chi connectivity index (χ2v) is 6.85. The van der Waals surface area contributed by atoms with Crippen LogP contribution in [0.4, 0.5) is 0 Å². The zero-order chi connectivity index (χ0) is 15.4. The molecule has 4 heteroatoms. The van der Waals surface area contributed by atoms with Crippen molar-refractivity contribution in [1.82, 2.24) is 5.32 Å². The largest absolute Gasteiger partial charge is 0.488 e. The summed E-state index contributed by atoms with van der Waals surface area (Å²) in [5.41, 5.74) is 3.81. The Balaban J connectivity index is 1.63. The van der Waals surface area contributed by atoms with Crippen molar-refractivity contribution in [3.8, 4) is 5.75 Å². The van der Waals surface area contributed by atoms with Gasteiger partial charge in [0.25, 0.3) is 0 Å². The molecule has 3 nitrogen and oxygen atoms in total. The van der Waals surface area contributed by atoms with Gasteiger partial charge in [0.05, 0.1) is 13.2 Å². The van der Waals surface area contributed by atoms with Crippen LogP contribution in [0, 0.1) is 13.8 Å². The topological polar surface area (TPSA) is 30.5 Å².